The summed E-state index contributed by atoms with van der Waals surface area (Å²) < 4.78 is 0. The molecule has 1 N–H and O–H groups in total. The Bertz CT molecular complexity index is 476. The van der Waals surface area contributed by atoms with E-state index in [2.05, 4.69) is 0 Å². The summed E-state index contributed by atoms with van der Waals surface area (Å²) in [5.41, 5.74) is 1.47. The van der Waals surface area contributed by atoms with Crippen molar-refractivity contribution >= 4 is 5.91 Å². The molecule has 0 aliphatic heterocycles. The first kappa shape index (κ1) is 12.5. The first-order valence-corrected chi connectivity index (χ1v) is 7.22. The molecule has 102 valence electrons. The number of carbonyl (C=O) groups excluding carboxylic acids is 1. The van der Waals surface area contributed by atoms with Gasteiger partial charge in [0.25, 0.3) is 5.91 Å². The highest BCUT2D eigenvalue weighted by atomic mass is 16.3. The second-order valence-electron chi connectivity index (χ2n) is 6.12. The van der Waals surface area contributed by atoms with Crippen molar-refractivity contribution in [3.05, 3.63) is 29.3 Å². The number of hydrogen-bond acceptors (Lipinski definition) is 2. The van der Waals surface area contributed by atoms with Gasteiger partial charge in [0, 0.05) is 13.1 Å². The zero-order valence-electron chi connectivity index (χ0n) is 11.4. The van der Waals surface area contributed by atoms with Crippen LogP contribution in [0.5, 0.6) is 5.75 Å². The van der Waals surface area contributed by atoms with Gasteiger partial charge in [0.15, 0.2) is 0 Å². The Labute approximate surface area is 114 Å². The highest BCUT2D eigenvalue weighted by Gasteiger charge is 2.32. The summed E-state index contributed by atoms with van der Waals surface area (Å²) in [5, 5.41) is 9.91. The fourth-order valence-corrected chi connectivity index (χ4v) is 2.46. The molecule has 0 heterocycles. The van der Waals surface area contributed by atoms with Crippen LogP contribution in [0, 0.1) is 18.8 Å². The van der Waals surface area contributed by atoms with E-state index in [9.17, 15) is 9.90 Å². The molecule has 0 saturated heterocycles. The van der Waals surface area contributed by atoms with Crippen LogP contribution in [0.4, 0.5) is 0 Å². The van der Waals surface area contributed by atoms with Gasteiger partial charge >= 0.3 is 0 Å². The summed E-state index contributed by atoms with van der Waals surface area (Å²) in [7, 11) is 0. The van der Waals surface area contributed by atoms with E-state index >= 15 is 0 Å². The molecule has 0 aromatic heterocycles. The number of rotatable bonds is 5. The number of hydrogen-bond donors (Lipinski definition) is 1. The number of aromatic hydroxyl groups is 1. The molecule has 3 rings (SSSR count). The molecule has 19 heavy (non-hydrogen) atoms. The second kappa shape index (κ2) is 4.87. The van der Waals surface area contributed by atoms with Gasteiger partial charge in [-0.2, -0.15) is 0 Å². The van der Waals surface area contributed by atoms with E-state index in [0.29, 0.717) is 17.4 Å². The van der Waals surface area contributed by atoms with Crippen molar-refractivity contribution in [3.8, 4) is 5.75 Å². The quantitative estimate of drug-likeness (QED) is 0.883. The molecule has 0 radical (unpaired) electrons. The minimum absolute atomic E-state index is 0. The van der Waals surface area contributed by atoms with Gasteiger partial charge in [0.05, 0.1) is 5.56 Å². The lowest BCUT2D eigenvalue weighted by Crippen LogP contribution is -2.34. The summed E-state index contributed by atoms with van der Waals surface area (Å²) >= 11 is 0. The van der Waals surface area contributed by atoms with E-state index in [1.165, 1.54) is 25.7 Å². The Kier molecular flexibility index (Phi) is 3.21. The topological polar surface area (TPSA) is 40.5 Å². The molecule has 0 spiro atoms. The maximum atomic E-state index is 12.6. The van der Waals surface area contributed by atoms with E-state index in [1.807, 2.05) is 17.9 Å². The van der Waals surface area contributed by atoms with Gasteiger partial charge < -0.3 is 10.0 Å². The van der Waals surface area contributed by atoms with Gasteiger partial charge in [-0.1, -0.05) is 11.6 Å². The van der Waals surface area contributed by atoms with Gasteiger partial charge in [-0.3, -0.25) is 4.79 Å². The molecule has 2 fully saturated rings. The van der Waals surface area contributed by atoms with E-state index < -0.39 is 0 Å². The molecule has 1 aromatic carbocycles. The summed E-state index contributed by atoms with van der Waals surface area (Å²) in [6.07, 6.45) is 4.98. The molecule has 0 unspecified atom stereocenters. The molecule has 2 aliphatic carbocycles. The molecule has 3 heteroatoms. The highest BCUT2D eigenvalue weighted by molar-refractivity contribution is 5.97. The Morgan fingerprint density at radius 2 is 1.79 bits per heavy atom. The molecule has 2 aliphatic rings. The minimum atomic E-state index is 0. The monoisotopic (exact) mass is 259 g/mol. The standard InChI is InChI=1S/C16H21NO2/c1-11-2-7-15(18)14(8-11)16(19)17(9-12-3-4-12)10-13-5-6-13/h2,7-8,12-13,18H,3-6,9-10H2,1H3. The van der Waals surface area contributed by atoms with Crippen LogP contribution in [0.25, 0.3) is 0 Å². The van der Waals surface area contributed by atoms with Crippen LogP contribution in [0.2, 0.25) is 0 Å². The number of benzene rings is 1. The Hall–Kier alpha value is -1.51. The van der Waals surface area contributed by atoms with Crippen LogP contribution in [-0.4, -0.2) is 29.0 Å². The van der Waals surface area contributed by atoms with Crippen LogP contribution >= 0.6 is 0 Å². The molecule has 1 aromatic rings. The molecule has 0 atom stereocenters. The van der Waals surface area contributed by atoms with Crippen molar-refractivity contribution in [1.82, 2.24) is 4.90 Å². The molecule has 1 amide bonds. The van der Waals surface area contributed by atoms with Crippen LogP contribution in [0.3, 0.4) is 0 Å². The Balaban J connectivity index is 1.78. The Morgan fingerprint density at radius 3 is 2.32 bits per heavy atom. The number of aryl methyl sites for hydroxylation is 1. The number of carbonyl (C=O) groups is 1. The van der Waals surface area contributed by atoms with Gasteiger partial charge in [-0.15, -0.1) is 0 Å². The lowest BCUT2D eigenvalue weighted by Gasteiger charge is -2.23. The van der Waals surface area contributed by atoms with Crippen molar-refractivity contribution in [2.75, 3.05) is 13.1 Å². The van der Waals surface area contributed by atoms with E-state index in [4.69, 9.17) is 0 Å². The molecular formula is C16H21NO2. The normalized spacial score (nSPS) is 18.4. The first-order valence-electron chi connectivity index (χ1n) is 7.22. The van der Waals surface area contributed by atoms with Crippen LogP contribution in [-0.2, 0) is 0 Å². The predicted molar refractivity (Wildman–Crippen MR) is 74.2 cm³/mol. The lowest BCUT2D eigenvalue weighted by atomic mass is 10.1. The van der Waals surface area contributed by atoms with Crippen molar-refractivity contribution in [3.63, 3.8) is 0 Å². The molecule has 0 bridgehead atoms. The first-order chi connectivity index (χ1) is 9.13. The van der Waals surface area contributed by atoms with Gasteiger partial charge in [-0.25, -0.2) is 0 Å². The maximum Gasteiger partial charge on any atom is 0.257 e. The van der Waals surface area contributed by atoms with Crippen molar-refractivity contribution < 1.29 is 9.90 Å². The largest absolute Gasteiger partial charge is 0.507 e. The number of nitrogens with zero attached hydrogens (tertiary/aromatic N) is 1. The van der Waals surface area contributed by atoms with E-state index in [1.54, 1.807) is 12.1 Å². The zero-order valence-corrected chi connectivity index (χ0v) is 11.4. The maximum absolute atomic E-state index is 12.6. The van der Waals surface area contributed by atoms with E-state index in [-0.39, 0.29) is 11.7 Å². The Morgan fingerprint density at radius 1 is 1.21 bits per heavy atom. The fraction of sp³-hybridized carbons (Fsp3) is 0.562. The number of amides is 1. The molecular weight excluding hydrogens is 238 g/mol. The highest BCUT2D eigenvalue weighted by Crippen LogP contribution is 2.35. The van der Waals surface area contributed by atoms with Gasteiger partial charge in [0.2, 0.25) is 0 Å². The van der Waals surface area contributed by atoms with Crippen molar-refractivity contribution in [2.24, 2.45) is 11.8 Å². The predicted octanol–water partition coefficient (Wildman–Crippen LogP) is 2.96. The average Bonchev–Trinajstić information content (AvgIpc) is 3.25. The van der Waals surface area contributed by atoms with Crippen molar-refractivity contribution in [1.29, 1.82) is 0 Å². The van der Waals surface area contributed by atoms with Crippen LogP contribution in [0.1, 0.15) is 41.6 Å². The third-order valence-electron chi connectivity index (χ3n) is 4.02. The van der Waals surface area contributed by atoms with Gasteiger partial charge in [-0.05, 0) is 56.6 Å². The zero-order chi connectivity index (χ0) is 13.4. The summed E-state index contributed by atoms with van der Waals surface area (Å²) in [6, 6.07) is 5.25. The molecule has 2 saturated carbocycles. The van der Waals surface area contributed by atoms with E-state index in [0.717, 1.165) is 18.7 Å². The summed E-state index contributed by atoms with van der Waals surface area (Å²) in [6.45, 7) is 3.67. The summed E-state index contributed by atoms with van der Waals surface area (Å²) in [5.74, 6) is 1.48. The van der Waals surface area contributed by atoms with Crippen LogP contribution in [0.15, 0.2) is 18.2 Å². The third kappa shape index (κ3) is 3.09. The average molecular weight is 259 g/mol. The lowest BCUT2D eigenvalue weighted by molar-refractivity contribution is 0.0736. The second-order valence-corrected chi connectivity index (χ2v) is 6.12. The summed E-state index contributed by atoms with van der Waals surface area (Å²) in [4.78, 5) is 14.6. The van der Waals surface area contributed by atoms with Gasteiger partial charge in [0.1, 0.15) is 5.75 Å². The molecule has 3 nitrogen and oxygen atoms in total. The fourth-order valence-electron chi connectivity index (χ4n) is 2.46. The van der Waals surface area contributed by atoms with Crippen molar-refractivity contribution in [2.45, 2.75) is 32.6 Å². The number of phenols is 1. The van der Waals surface area contributed by atoms with Crippen LogP contribution < -0.4 is 0 Å². The number of phenolic OH excluding ortho intramolecular Hbond substituents is 1. The third-order valence-corrected chi connectivity index (χ3v) is 4.02. The SMILES string of the molecule is Cc1ccc(O)c(C(=O)N(CC2CC2)CC2CC2)c1. The minimum Gasteiger partial charge on any atom is -0.507 e. The smallest absolute Gasteiger partial charge is 0.257 e.